The third-order valence-corrected chi connectivity index (χ3v) is 2.25. The number of carbonyl (C=O) groups is 1. The average Bonchev–Trinajstić information content (AvgIpc) is 2.15. The van der Waals surface area contributed by atoms with Crippen LogP contribution >= 0.6 is 11.6 Å². The molecular weight excluding hydrogens is 202 g/mol. The predicted octanol–water partition coefficient (Wildman–Crippen LogP) is 0.613. The molecule has 74 valence electrons. The number of hydrogen-bond acceptors (Lipinski definition) is 3. The summed E-state index contributed by atoms with van der Waals surface area (Å²) in [7, 11) is -1.60. The molecule has 0 saturated carbocycles. The lowest BCUT2D eigenvalue weighted by atomic mass is 9.80. The number of benzene rings is 1. The Balaban J connectivity index is 3.06. The highest BCUT2D eigenvalue weighted by Crippen LogP contribution is 2.11. The van der Waals surface area contributed by atoms with Gasteiger partial charge in [-0.25, -0.2) is 0 Å². The van der Waals surface area contributed by atoms with Crippen LogP contribution in [-0.2, 0) is 0 Å². The number of halogens is 1. The number of carbonyl (C=O) groups excluding carboxylic acids is 1. The van der Waals surface area contributed by atoms with Gasteiger partial charge in [0.25, 0.3) is 0 Å². The molecular formula is C9H10BClO3. The Morgan fingerprint density at radius 3 is 2.57 bits per heavy atom. The van der Waals surface area contributed by atoms with Crippen molar-refractivity contribution in [2.24, 2.45) is 0 Å². The Bertz CT molecular complexity index is 352. The van der Waals surface area contributed by atoms with E-state index in [-0.39, 0.29) is 16.3 Å². The van der Waals surface area contributed by atoms with Gasteiger partial charge in [0.1, 0.15) is 0 Å². The molecule has 3 nitrogen and oxygen atoms in total. The summed E-state index contributed by atoms with van der Waals surface area (Å²) < 4.78 is 0. The number of ketones is 1. The smallest absolute Gasteiger partial charge is 0.423 e. The molecule has 0 unspecified atom stereocenters. The molecule has 0 spiro atoms. The first-order valence-electron chi connectivity index (χ1n) is 4.25. The van der Waals surface area contributed by atoms with E-state index >= 15 is 0 Å². The van der Waals surface area contributed by atoms with Gasteiger partial charge in [-0.3, -0.25) is 4.79 Å². The lowest BCUT2D eigenvalue weighted by Gasteiger charge is -2.04. The second-order valence-electron chi connectivity index (χ2n) is 2.89. The molecule has 1 aromatic carbocycles. The minimum absolute atomic E-state index is 0.0223. The highest BCUT2D eigenvalue weighted by molar-refractivity contribution is 6.62. The predicted molar refractivity (Wildman–Crippen MR) is 55.9 cm³/mol. The summed E-state index contributed by atoms with van der Waals surface area (Å²) in [6, 6.07) is 4.42. The Hall–Kier alpha value is -0.835. The van der Waals surface area contributed by atoms with Crippen LogP contribution in [0.2, 0.25) is 5.02 Å². The van der Waals surface area contributed by atoms with Crippen LogP contribution in [0.1, 0.15) is 23.7 Å². The van der Waals surface area contributed by atoms with E-state index in [0.717, 1.165) is 0 Å². The van der Waals surface area contributed by atoms with Crippen molar-refractivity contribution in [3.8, 4) is 0 Å². The number of hydrogen-bond donors (Lipinski definition) is 2. The molecule has 0 radical (unpaired) electrons. The van der Waals surface area contributed by atoms with Gasteiger partial charge in [0.05, 0.1) is 0 Å². The minimum Gasteiger partial charge on any atom is -0.423 e. The van der Waals surface area contributed by atoms with Gasteiger partial charge in [0.2, 0.25) is 0 Å². The van der Waals surface area contributed by atoms with E-state index in [1.165, 1.54) is 18.2 Å². The van der Waals surface area contributed by atoms with Crippen LogP contribution in [0.3, 0.4) is 0 Å². The van der Waals surface area contributed by atoms with Crippen molar-refractivity contribution in [3.63, 3.8) is 0 Å². The maximum Gasteiger partial charge on any atom is 0.489 e. The van der Waals surface area contributed by atoms with Gasteiger partial charge >= 0.3 is 7.12 Å². The molecule has 2 N–H and O–H groups in total. The summed E-state index contributed by atoms with van der Waals surface area (Å²) in [4.78, 5) is 11.3. The van der Waals surface area contributed by atoms with Gasteiger partial charge in [0.15, 0.2) is 5.78 Å². The summed E-state index contributed by atoms with van der Waals surface area (Å²) in [5, 5.41) is 17.9. The Labute approximate surface area is 87.5 Å². The largest absolute Gasteiger partial charge is 0.489 e. The molecule has 1 rings (SSSR count). The monoisotopic (exact) mass is 212 g/mol. The molecule has 0 bridgehead atoms. The Morgan fingerprint density at radius 1 is 1.50 bits per heavy atom. The first-order chi connectivity index (χ1) is 6.56. The van der Waals surface area contributed by atoms with Gasteiger partial charge < -0.3 is 10.0 Å². The summed E-state index contributed by atoms with van der Waals surface area (Å²) in [5.41, 5.74) is 0.696. The van der Waals surface area contributed by atoms with E-state index in [9.17, 15) is 4.79 Å². The van der Waals surface area contributed by atoms with Crippen molar-refractivity contribution in [3.05, 3.63) is 28.8 Å². The van der Waals surface area contributed by atoms with Crippen LogP contribution in [0.5, 0.6) is 0 Å². The van der Waals surface area contributed by atoms with E-state index in [1.807, 2.05) is 0 Å². The maximum atomic E-state index is 11.3. The summed E-state index contributed by atoms with van der Waals surface area (Å²) in [5.74, 6) is -0.0223. The highest BCUT2D eigenvalue weighted by atomic mass is 35.5. The first kappa shape index (κ1) is 11.2. The van der Waals surface area contributed by atoms with E-state index in [0.29, 0.717) is 12.0 Å². The third kappa shape index (κ3) is 2.35. The molecule has 0 heterocycles. The molecule has 0 aliphatic heterocycles. The van der Waals surface area contributed by atoms with Gasteiger partial charge in [-0.1, -0.05) is 30.7 Å². The number of Topliss-reactive ketones (excluding diaryl/α,β-unsaturated/α-hetero) is 1. The quantitative estimate of drug-likeness (QED) is 0.570. The lowest BCUT2D eigenvalue weighted by molar-refractivity contribution is 0.0988. The zero-order valence-electron chi connectivity index (χ0n) is 7.70. The lowest BCUT2D eigenvalue weighted by Crippen LogP contribution is -2.30. The van der Waals surface area contributed by atoms with Gasteiger partial charge in [0, 0.05) is 22.5 Å². The molecule has 5 heteroatoms. The Morgan fingerprint density at radius 2 is 2.14 bits per heavy atom. The van der Waals surface area contributed by atoms with Crippen molar-refractivity contribution in [2.75, 3.05) is 0 Å². The molecule has 1 aromatic rings. The van der Waals surface area contributed by atoms with Gasteiger partial charge in [-0.05, 0) is 6.07 Å². The van der Waals surface area contributed by atoms with Crippen LogP contribution in [0, 0.1) is 0 Å². The molecule has 14 heavy (non-hydrogen) atoms. The zero-order valence-corrected chi connectivity index (χ0v) is 8.45. The third-order valence-electron chi connectivity index (χ3n) is 1.92. The normalized spacial score (nSPS) is 10.0. The van der Waals surface area contributed by atoms with Crippen LogP contribution in [0.4, 0.5) is 0 Å². The fraction of sp³-hybridized carbons (Fsp3) is 0.222. The zero-order chi connectivity index (χ0) is 10.7. The average molecular weight is 212 g/mol. The van der Waals surface area contributed by atoms with Crippen LogP contribution in [0.15, 0.2) is 18.2 Å². The minimum atomic E-state index is -1.60. The van der Waals surface area contributed by atoms with Crippen LogP contribution in [-0.4, -0.2) is 22.9 Å². The van der Waals surface area contributed by atoms with Crippen molar-refractivity contribution in [2.45, 2.75) is 13.3 Å². The fourth-order valence-electron chi connectivity index (χ4n) is 1.11. The van der Waals surface area contributed by atoms with Crippen molar-refractivity contribution in [1.29, 1.82) is 0 Å². The van der Waals surface area contributed by atoms with E-state index < -0.39 is 7.12 Å². The van der Waals surface area contributed by atoms with Crippen molar-refractivity contribution >= 4 is 30.0 Å². The van der Waals surface area contributed by atoms with Crippen molar-refractivity contribution < 1.29 is 14.8 Å². The van der Waals surface area contributed by atoms with E-state index in [4.69, 9.17) is 21.6 Å². The standard InChI is InChI=1S/C9H10BClO3/c1-2-9(12)6-3-4-7(10(13)14)8(11)5-6/h3-5,13-14H,2H2,1H3. The van der Waals surface area contributed by atoms with Gasteiger partial charge in [-0.15, -0.1) is 0 Å². The molecule has 0 saturated heterocycles. The molecule has 0 fully saturated rings. The molecule has 0 aliphatic rings. The number of rotatable bonds is 3. The fourth-order valence-corrected chi connectivity index (χ4v) is 1.39. The second kappa shape index (κ2) is 4.60. The summed E-state index contributed by atoms with van der Waals surface area (Å²) in [6.45, 7) is 1.75. The van der Waals surface area contributed by atoms with E-state index in [2.05, 4.69) is 0 Å². The molecule has 0 aromatic heterocycles. The van der Waals surface area contributed by atoms with E-state index in [1.54, 1.807) is 6.92 Å². The summed E-state index contributed by atoms with van der Waals surface area (Å²) in [6.07, 6.45) is 0.400. The topological polar surface area (TPSA) is 57.5 Å². The molecule has 0 amide bonds. The molecule has 0 aliphatic carbocycles. The van der Waals surface area contributed by atoms with Gasteiger partial charge in [-0.2, -0.15) is 0 Å². The first-order valence-corrected chi connectivity index (χ1v) is 4.62. The molecule has 0 atom stereocenters. The highest BCUT2D eigenvalue weighted by Gasteiger charge is 2.16. The van der Waals surface area contributed by atoms with Crippen LogP contribution < -0.4 is 5.46 Å². The summed E-state index contributed by atoms with van der Waals surface area (Å²) >= 11 is 5.75. The SMILES string of the molecule is CCC(=O)c1ccc(B(O)O)c(Cl)c1. The maximum absolute atomic E-state index is 11.3. The Kier molecular flexibility index (Phi) is 3.69. The van der Waals surface area contributed by atoms with Crippen LogP contribution in [0.25, 0.3) is 0 Å². The van der Waals surface area contributed by atoms with Crippen molar-refractivity contribution in [1.82, 2.24) is 0 Å². The second-order valence-corrected chi connectivity index (χ2v) is 3.29.